The van der Waals surface area contributed by atoms with Gasteiger partial charge in [0.25, 0.3) is 0 Å². The van der Waals surface area contributed by atoms with E-state index in [4.69, 9.17) is 4.98 Å². The lowest BCUT2D eigenvalue weighted by atomic mass is 10.2. The zero-order chi connectivity index (χ0) is 17.1. The van der Waals surface area contributed by atoms with Gasteiger partial charge in [0, 0.05) is 31.3 Å². The van der Waals surface area contributed by atoms with Gasteiger partial charge in [0.05, 0.1) is 23.3 Å². The van der Waals surface area contributed by atoms with Crippen LogP contribution in [0.2, 0.25) is 0 Å². The monoisotopic (exact) mass is 323 g/mol. The van der Waals surface area contributed by atoms with Crippen molar-refractivity contribution in [1.29, 1.82) is 0 Å². The van der Waals surface area contributed by atoms with E-state index in [0.717, 1.165) is 48.6 Å². The lowest BCUT2D eigenvalue weighted by molar-refractivity contribution is 0.328. The zero-order valence-electron chi connectivity index (χ0n) is 14.7. The molecule has 0 amide bonds. The first-order chi connectivity index (χ1) is 11.6. The summed E-state index contributed by atoms with van der Waals surface area (Å²) in [5.41, 5.74) is 5.77. The fourth-order valence-electron chi connectivity index (χ4n) is 2.95. The van der Waals surface area contributed by atoms with Gasteiger partial charge in [0.1, 0.15) is 5.82 Å². The van der Waals surface area contributed by atoms with Crippen molar-refractivity contribution in [1.82, 2.24) is 24.6 Å². The molecule has 24 heavy (non-hydrogen) atoms. The zero-order valence-corrected chi connectivity index (χ0v) is 14.7. The van der Waals surface area contributed by atoms with Gasteiger partial charge in [0.15, 0.2) is 0 Å². The topological polar surface area (TPSA) is 49.7 Å². The molecule has 5 heteroatoms. The Morgan fingerprint density at radius 1 is 1.33 bits per heavy atom. The molecule has 0 aliphatic heterocycles. The Hall–Kier alpha value is -2.40. The average Bonchev–Trinajstić information content (AvgIpc) is 3.10. The number of imidazole rings is 1. The molecule has 126 valence electrons. The Morgan fingerprint density at radius 3 is 2.92 bits per heavy atom. The van der Waals surface area contributed by atoms with Crippen molar-refractivity contribution in [2.75, 3.05) is 13.6 Å². The predicted molar refractivity (Wildman–Crippen MR) is 98.0 cm³/mol. The number of fused-ring (bicyclic) bond motifs is 1. The molecular formula is C19H25N5. The van der Waals surface area contributed by atoms with Crippen molar-refractivity contribution in [2.24, 2.45) is 0 Å². The van der Waals surface area contributed by atoms with Gasteiger partial charge in [-0.25, -0.2) is 4.98 Å². The van der Waals surface area contributed by atoms with Crippen molar-refractivity contribution in [3.8, 4) is 0 Å². The number of allylic oxidation sites excluding steroid dienone is 1. The van der Waals surface area contributed by atoms with Crippen LogP contribution in [0.4, 0.5) is 0 Å². The fraction of sp³-hybridized carbons (Fsp3) is 0.368. The molecule has 0 saturated heterocycles. The van der Waals surface area contributed by atoms with E-state index in [1.165, 1.54) is 11.1 Å². The molecule has 0 atom stereocenters. The van der Waals surface area contributed by atoms with Crippen molar-refractivity contribution >= 4 is 11.0 Å². The number of para-hydroxylation sites is 1. The predicted octanol–water partition coefficient (Wildman–Crippen LogP) is 3.24. The summed E-state index contributed by atoms with van der Waals surface area (Å²) in [6.45, 7) is 10.5. The van der Waals surface area contributed by atoms with E-state index in [9.17, 15) is 0 Å². The van der Waals surface area contributed by atoms with Gasteiger partial charge in [-0.15, -0.1) is 6.58 Å². The Labute approximate surface area is 143 Å². The molecule has 3 aromatic rings. The average molecular weight is 323 g/mol. The molecule has 0 saturated carbocycles. The molecule has 2 aromatic heterocycles. The molecule has 0 fully saturated rings. The van der Waals surface area contributed by atoms with Crippen LogP contribution in [0.25, 0.3) is 11.0 Å². The molecule has 5 nitrogen and oxygen atoms in total. The maximum Gasteiger partial charge on any atom is 0.108 e. The minimum absolute atomic E-state index is 0.753. The van der Waals surface area contributed by atoms with Crippen molar-refractivity contribution in [3.63, 3.8) is 0 Å². The molecule has 2 heterocycles. The number of nitrogens with zero attached hydrogens (tertiary/aromatic N) is 4. The van der Waals surface area contributed by atoms with Crippen molar-refractivity contribution < 1.29 is 0 Å². The lowest BCUT2D eigenvalue weighted by Gasteiger charge is -2.15. The van der Waals surface area contributed by atoms with Crippen molar-refractivity contribution in [3.05, 3.63) is 59.7 Å². The number of hydrogen-bond acceptors (Lipinski definition) is 3. The number of rotatable bonds is 7. The molecule has 0 unspecified atom stereocenters. The van der Waals surface area contributed by atoms with E-state index in [2.05, 4.69) is 66.9 Å². The second kappa shape index (κ2) is 7.01. The second-order valence-electron chi connectivity index (χ2n) is 6.39. The first-order valence-corrected chi connectivity index (χ1v) is 8.33. The van der Waals surface area contributed by atoms with Crippen LogP contribution >= 0.6 is 0 Å². The van der Waals surface area contributed by atoms with Gasteiger partial charge in [0.2, 0.25) is 0 Å². The van der Waals surface area contributed by atoms with Crippen LogP contribution in [-0.2, 0) is 19.5 Å². The summed E-state index contributed by atoms with van der Waals surface area (Å²) in [5, 5.41) is 4.51. The van der Waals surface area contributed by atoms with E-state index < -0.39 is 0 Å². The number of benzene rings is 1. The smallest absolute Gasteiger partial charge is 0.108 e. The number of likely N-dealkylation sites (N-methyl/N-ethyl adjacent to an activating group) is 1. The van der Waals surface area contributed by atoms with Crippen LogP contribution in [0.3, 0.4) is 0 Å². The van der Waals surface area contributed by atoms with Crippen LogP contribution in [-0.4, -0.2) is 38.2 Å². The molecule has 3 rings (SSSR count). The number of aryl methyl sites for hydroxylation is 2. The van der Waals surface area contributed by atoms with Crippen LogP contribution in [0.1, 0.15) is 22.6 Å². The first-order valence-electron chi connectivity index (χ1n) is 8.33. The SMILES string of the molecule is C=CCn1cc(CN(C)CCc2nc3c(C)cccc3[nH]2)c(C)n1. The maximum absolute atomic E-state index is 4.73. The third-order valence-corrected chi connectivity index (χ3v) is 4.30. The molecule has 0 spiro atoms. The van der Waals surface area contributed by atoms with Gasteiger partial charge in [-0.1, -0.05) is 18.2 Å². The minimum Gasteiger partial charge on any atom is -0.342 e. The summed E-state index contributed by atoms with van der Waals surface area (Å²) in [6, 6.07) is 6.25. The summed E-state index contributed by atoms with van der Waals surface area (Å²) < 4.78 is 1.94. The number of aromatic nitrogens is 4. The van der Waals surface area contributed by atoms with Gasteiger partial charge >= 0.3 is 0 Å². The number of H-pyrrole nitrogens is 1. The van der Waals surface area contributed by atoms with Crippen LogP contribution in [0.15, 0.2) is 37.1 Å². The lowest BCUT2D eigenvalue weighted by Crippen LogP contribution is -2.21. The molecule has 0 radical (unpaired) electrons. The van der Waals surface area contributed by atoms with E-state index >= 15 is 0 Å². The Kier molecular flexibility index (Phi) is 4.81. The van der Waals surface area contributed by atoms with E-state index in [1.807, 2.05) is 10.8 Å². The highest BCUT2D eigenvalue weighted by atomic mass is 15.3. The molecule has 0 aliphatic carbocycles. The Balaban J connectivity index is 1.61. The van der Waals surface area contributed by atoms with Crippen LogP contribution in [0, 0.1) is 13.8 Å². The summed E-state index contributed by atoms with van der Waals surface area (Å²) in [6.07, 6.45) is 4.88. The number of nitrogens with one attached hydrogen (secondary N) is 1. The molecule has 0 aliphatic rings. The van der Waals surface area contributed by atoms with E-state index in [1.54, 1.807) is 0 Å². The molecule has 1 aromatic carbocycles. The number of hydrogen-bond donors (Lipinski definition) is 1. The summed E-state index contributed by atoms with van der Waals surface area (Å²) in [7, 11) is 2.14. The van der Waals surface area contributed by atoms with E-state index in [0.29, 0.717) is 0 Å². The fourth-order valence-corrected chi connectivity index (χ4v) is 2.95. The summed E-state index contributed by atoms with van der Waals surface area (Å²) in [4.78, 5) is 10.5. The molecular weight excluding hydrogens is 298 g/mol. The van der Waals surface area contributed by atoms with Crippen molar-refractivity contribution in [2.45, 2.75) is 33.4 Å². The second-order valence-corrected chi connectivity index (χ2v) is 6.39. The minimum atomic E-state index is 0.753. The largest absolute Gasteiger partial charge is 0.342 e. The Morgan fingerprint density at radius 2 is 2.17 bits per heavy atom. The highest BCUT2D eigenvalue weighted by Crippen LogP contribution is 2.16. The van der Waals surface area contributed by atoms with Gasteiger partial charge < -0.3 is 9.88 Å². The van der Waals surface area contributed by atoms with Gasteiger partial charge in [-0.05, 0) is 32.5 Å². The highest BCUT2D eigenvalue weighted by molar-refractivity contribution is 5.78. The highest BCUT2D eigenvalue weighted by Gasteiger charge is 2.09. The summed E-state index contributed by atoms with van der Waals surface area (Å²) in [5.74, 6) is 1.05. The van der Waals surface area contributed by atoms with Crippen LogP contribution < -0.4 is 0 Å². The van der Waals surface area contributed by atoms with Gasteiger partial charge in [-0.2, -0.15) is 5.10 Å². The summed E-state index contributed by atoms with van der Waals surface area (Å²) >= 11 is 0. The van der Waals surface area contributed by atoms with Crippen LogP contribution in [0.5, 0.6) is 0 Å². The normalized spacial score (nSPS) is 11.5. The van der Waals surface area contributed by atoms with E-state index in [-0.39, 0.29) is 0 Å². The molecule has 1 N–H and O–H groups in total. The van der Waals surface area contributed by atoms with Gasteiger partial charge in [-0.3, -0.25) is 4.68 Å². The third-order valence-electron chi connectivity index (χ3n) is 4.30. The maximum atomic E-state index is 4.73. The third kappa shape index (κ3) is 3.57. The quantitative estimate of drug-likeness (QED) is 0.679. The first kappa shape index (κ1) is 16.5. The molecule has 0 bridgehead atoms. The number of aromatic amines is 1. The Bertz CT molecular complexity index is 843. The standard InChI is InChI=1S/C19H25N5/c1-5-10-24-13-16(15(3)22-24)12-23(4)11-9-18-20-17-8-6-7-14(2)19(17)21-18/h5-8,13H,1,9-12H2,2-4H3,(H,20,21).